The van der Waals surface area contributed by atoms with Crippen LogP contribution in [0.15, 0.2) is 72.8 Å². The first-order valence-corrected chi connectivity index (χ1v) is 12.4. The molecule has 3 aromatic carbocycles. The Balaban J connectivity index is 1.42. The molecule has 3 atom stereocenters. The molecule has 0 bridgehead atoms. The Morgan fingerprint density at radius 3 is 2.41 bits per heavy atom. The molecule has 1 heterocycles. The highest BCUT2D eigenvalue weighted by Gasteiger charge is 2.28. The predicted octanol–water partition coefficient (Wildman–Crippen LogP) is 6.18. The first-order chi connectivity index (χ1) is 16.4. The zero-order chi connectivity index (χ0) is 24.1. The van der Waals surface area contributed by atoms with Crippen molar-refractivity contribution in [1.82, 2.24) is 10.2 Å². The van der Waals surface area contributed by atoms with Gasteiger partial charge in [0.1, 0.15) is 0 Å². The molecule has 1 saturated heterocycles. The van der Waals surface area contributed by atoms with Gasteiger partial charge < -0.3 is 10.1 Å². The lowest BCUT2D eigenvalue weighted by Gasteiger charge is -2.38. The van der Waals surface area contributed by atoms with Crippen molar-refractivity contribution in [2.24, 2.45) is 0 Å². The lowest BCUT2D eigenvalue weighted by atomic mass is 9.90. The molecule has 3 aromatic rings. The van der Waals surface area contributed by atoms with E-state index in [0.29, 0.717) is 34.8 Å². The summed E-state index contributed by atoms with van der Waals surface area (Å²) < 4.78 is 6.04. The average Bonchev–Trinajstić information content (AvgIpc) is 2.84. The van der Waals surface area contributed by atoms with Crippen molar-refractivity contribution in [1.29, 1.82) is 0 Å². The molecule has 1 unspecified atom stereocenters. The molecule has 34 heavy (non-hydrogen) atoms. The summed E-state index contributed by atoms with van der Waals surface area (Å²) in [7, 11) is 0. The van der Waals surface area contributed by atoms with Gasteiger partial charge in [0.2, 0.25) is 5.91 Å². The standard InChI is InChI=1S/C27H27Cl3N2O2/c1-18-17-34-23(16-32(18)15-19-7-12-24(29)25(30)13-19)14-31-27(33)26(20-5-3-2-4-6-20)21-8-10-22(28)11-9-21/h2-13,18,23,26H,14-17H2,1H3,(H,31,33)/t18-,23+,26?/m1/s1. The number of rotatable bonds is 7. The molecular formula is C27H27Cl3N2O2. The Morgan fingerprint density at radius 2 is 1.71 bits per heavy atom. The number of morpholine rings is 1. The van der Waals surface area contributed by atoms with Gasteiger partial charge >= 0.3 is 0 Å². The number of amides is 1. The van der Waals surface area contributed by atoms with Gasteiger partial charge in [0.15, 0.2) is 0 Å². The molecule has 1 N–H and O–H groups in total. The van der Waals surface area contributed by atoms with E-state index in [4.69, 9.17) is 39.5 Å². The van der Waals surface area contributed by atoms with E-state index < -0.39 is 5.92 Å². The SMILES string of the molecule is C[C@@H]1CO[C@@H](CNC(=O)C(c2ccccc2)c2ccc(Cl)cc2)CN1Cc1ccc(Cl)c(Cl)c1. The predicted molar refractivity (Wildman–Crippen MR) is 139 cm³/mol. The number of nitrogens with zero attached hydrogens (tertiary/aromatic N) is 1. The van der Waals surface area contributed by atoms with E-state index in [1.165, 1.54) is 0 Å². The van der Waals surface area contributed by atoms with Crippen molar-refractivity contribution in [2.75, 3.05) is 19.7 Å². The third-order valence-electron chi connectivity index (χ3n) is 6.11. The molecule has 4 nitrogen and oxygen atoms in total. The Hall–Kier alpha value is -2.08. The highest BCUT2D eigenvalue weighted by molar-refractivity contribution is 6.42. The second-order valence-electron chi connectivity index (χ2n) is 8.62. The number of ether oxygens (including phenoxy) is 1. The number of hydrogen-bond donors (Lipinski definition) is 1. The fourth-order valence-electron chi connectivity index (χ4n) is 4.20. The molecule has 1 amide bonds. The van der Waals surface area contributed by atoms with Crippen LogP contribution in [0, 0.1) is 0 Å². The number of carbonyl (C=O) groups excluding carboxylic acids is 1. The molecule has 4 rings (SSSR count). The molecule has 0 spiro atoms. The lowest BCUT2D eigenvalue weighted by molar-refractivity contribution is -0.123. The van der Waals surface area contributed by atoms with Crippen LogP contribution >= 0.6 is 34.8 Å². The van der Waals surface area contributed by atoms with E-state index in [2.05, 4.69) is 17.1 Å². The Morgan fingerprint density at radius 1 is 1.00 bits per heavy atom. The van der Waals surface area contributed by atoms with Crippen LogP contribution in [-0.4, -0.2) is 42.6 Å². The fraction of sp³-hybridized carbons (Fsp3) is 0.296. The van der Waals surface area contributed by atoms with Gasteiger partial charge in [-0.05, 0) is 47.9 Å². The van der Waals surface area contributed by atoms with E-state index in [9.17, 15) is 4.79 Å². The minimum Gasteiger partial charge on any atom is -0.373 e. The monoisotopic (exact) mass is 516 g/mol. The third kappa shape index (κ3) is 6.32. The Bertz CT molecular complexity index is 1110. The van der Waals surface area contributed by atoms with Gasteiger partial charge in [-0.3, -0.25) is 9.69 Å². The van der Waals surface area contributed by atoms with Gasteiger partial charge in [0.25, 0.3) is 0 Å². The summed E-state index contributed by atoms with van der Waals surface area (Å²) in [5, 5.41) is 4.86. The normalized spacial score (nSPS) is 19.5. The molecule has 0 radical (unpaired) electrons. The summed E-state index contributed by atoms with van der Waals surface area (Å²) in [4.78, 5) is 15.7. The highest BCUT2D eigenvalue weighted by atomic mass is 35.5. The summed E-state index contributed by atoms with van der Waals surface area (Å²) in [6.45, 7) is 4.61. The zero-order valence-corrected chi connectivity index (χ0v) is 21.2. The Kier molecular flexibility index (Phi) is 8.51. The van der Waals surface area contributed by atoms with E-state index in [0.717, 1.165) is 23.2 Å². The number of hydrogen-bond acceptors (Lipinski definition) is 3. The molecule has 0 aromatic heterocycles. The van der Waals surface area contributed by atoms with Crippen LogP contribution in [0.1, 0.15) is 29.5 Å². The van der Waals surface area contributed by atoms with Crippen molar-refractivity contribution >= 4 is 40.7 Å². The minimum atomic E-state index is -0.423. The topological polar surface area (TPSA) is 41.6 Å². The second-order valence-corrected chi connectivity index (χ2v) is 9.87. The second kappa shape index (κ2) is 11.6. The van der Waals surface area contributed by atoms with Crippen LogP contribution in [0.5, 0.6) is 0 Å². The van der Waals surface area contributed by atoms with Gasteiger partial charge in [-0.2, -0.15) is 0 Å². The van der Waals surface area contributed by atoms with Crippen LogP contribution < -0.4 is 5.32 Å². The summed E-state index contributed by atoms with van der Waals surface area (Å²) >= 11 is 18.3. The van der Waals surface area contributed by atoms with Gasteiger partial charge in [0, 0.05) is 30.7 Å². The Labute approximate surface area is 215 Å². The van der Waals surface area contributed by atoms with E-state index in [1.54, 1.807) is 0 Å². The first-order valence-electron chi connectivity index (χ1n) is 11.3. The van der Waals surface area contributed by atoms with Crippen LogP contribution in [-0.2, 0) is 16.1 Å². The molecule has 1 aliphatic rings. The van der Waals surface area contributed by atoms with Gasteiger partial charge in [-0.25, -0.2) is 0 Å². The number of halogens is 3. The average molecular weight is 518 g/mol. The molecule has 0 saturated carbocycles. The van der Waals surface area contributed by atoms with Gasteiger partial charge in [0.05, 0.1) is 28.7 Å². The van der Waals surface area contributed by atoms with Crippen molar-refractivity contribution in [3.8, 4) is 0 Å². The fourth-order valence-corrected chi connectivity index (χ4v) is 4.65. The van der Waals surface area contributed by atoms with Crippen molar-refractivity contribution in [3.63, 3.8) is 0 Å². The molecular weight excluding hydrogens is 491 g/mol. The first kappa shape index (κ1) is 25.0. The number of benzene rings is 3. The maximum absolute atomic E-state index is 13.3. The zero-order valence-electron chi connectivity index (χ0n) is 18.9. The van der Waals surface area contributed by atoms with Crippen LogP contribution in [0.3, 0.4) is 0 Å². The quantitative estimate of drug-likeness (QED) is 0.407. The van der Waals surface area contributed by atoms with E-state index >= 15 is 0 Å². The van der Waals surface area contributed by atoms with Crippen molar-refractivity contribution in [2.45, 2.75) is 31.5 Å². The van der Waals surface area contributed by atoms with Gasteiger partial charge in [-0.15, -0.1) is 0 Å². The van der Waals surface area contributed by atoms with Gasteiger partial charge in [-0.1, -0.05) is 83.3 Å². The maximum Gasteiger partial charge on any atom is 0.232 e. The van der Waals surface area contributed by atoms with Crippen LogP contribution in [0.2, 0.25) is 15.1 Å². The molecule has 0 aliphatic carbocycles. The third-order valence-corrected chi connectivity index (χ3v) is 7.10. The smallest absolute Gasteiger partial charge is 0.232 e. The maximum atomic E-state index is 13.3. The summed E-state index contributed by atoms with van der Waals surface area (Å²) in [5.74, 6) is -0.486. The molecule has 178 valence electrons. The lowest BCUT2D eigenvalue weighted by Crippen LogP contribution is -2.51. The van der Waals surface area contributed by atoms with Crippen molar-refractivity contribution < 1.29 is 9.53 Å². The molecule has 1 aliphatic heterocycles. The van der Waals surface area contributed by atoms with E-state index in [1.807, 2.05) is 72.8 Å². The summed E-state index contributed by atoms with van der Waals surface area (Å²) in [6.07, 6.45) is -0.107. The van der Waals surface area contributed by atoms with Crippen LogP contribution in [0.4, 0.5) is 0 Å². The largest absolute Gasteiger partial charge is 0.373 e. The summed E-state index contributed by atoms with van der Waals surface area (Å²) in [5.41, 5.74) is 2.92. The molecule has 1 fully saturated rings. The van der Waals surface area contributed by atoms with Crippen LogP contribution in [0.25, 0.3) is 0 Å². The highest BCUT2D eigenvalue weighted by Crippen LogP contribution is 2.27. The van der Waals surface area contributed by atoms with E-state index in [-0.39, 0.29) is 18.1 Å². The van der Waals surface area contributed by atoms with Crippen molar-refractivity contribution in [3.05, 3.63) is 105 Å². The summed E-state index contributed by atoms with van der Waals surface area (Å²) in [6, 6.07) is 23.2. The number of carbonyl (C=O) groups is 1. The minimum absolute atomic E-state index is 0.0632. The molecule has 7 heteroatoms. The number of nitrogens with one attached hydrogen (secondary N) is 1.